The number of alkyl halides is 1. The Balaban J connectivity index is 2.92. The van der Waals surface area contributed by atoms with Crippen molar-refractivity contribution in [3.63, 3.8) is 0 Å². The molecule has 1 atom stereocenters. The highest BCUT2D eigenvalue weighted by atomic mass is 127. The molecule has 0 aliphatic rings. The Bertz CT molecular complexity index is 41.8. The molecule has 50 valence electrons. The summed E-state index contributed by atoms with van der Waals surface area (Å²) in [6.07, 6.45) is 2.20. The smallest absolute Gasteiger partial charge is 0.0433 e. The third kappa shape index (κ3) is 4.84. The van der Waals surface area contributed by atoms with Crippen molar-refractivity contribution < 1.29 is 5.11 Å². The van der Waals surface area contributed by atoms with E-state index < -0.39 is 0 Å². The Morgan fingerprint density at radius 1 is 1.50 bits per heavy atom. The fourth-order valence-corrected chi connectivity index (χ4v) is 1.61. The van der Waals surface area contributed by atoms with Gasteiger partial charge >= 0.3 is 0 Å². The van der Waals surface area contributed by atoms with Gasteiger partial charge in [-0.3, -0.25) is 0 Å². The lowest BCUT2D eigenvalue weighted by Gasteiger charge is -2.04. The Morgan fingerprint density at radius 3 is 2.50 bits per heavy atom. The fourth-order valence-electron chi connectivity index (χ4n) is 0.551. The first-order chi connectivity index (χ1) is 3.81. The third-order valence-corrected chi connectivity index (χ3v) is 1.85. The van der Waals surface area contributed by atoms with Gasteiger partial charge in [-0.2, -0.15) is 0 Å². The average molecular weight is 228 g/mol. The van der Waals surface area contributed by atoms with Crippen LogP contribution >= 0.6 is 22.6 Å². The van der Waals surface area contributed by atoms with Crippen LogP contribution in [0.15, 0.2) is 0 Å². The molecule has 1 nitrogen and oxygen atoms in total. The van der Waals surface area contributed by atoms with Crippen LogP contribution in [0, 0.1) is 5.92 Å². The maximum Gasteiger partial charge on any atom is 0.0433 e. The number of aliphatic hydroxyl groups is 1. The Labute approximate surface area is 64.6 Å². The predicted molar refractivity (Wildman–Crippen MR) is 44.4 cm³/mol. The van der Waals surface area contributed by atoms with E-state index >= 15 is 0 Å². The molecule has 0 saturated carbocycles. The lowest BCUT2D eigenvalue weighted by molar-refractivity contribution is 0.261. The number of hydrogen-bond acceptors (Lipinski definition) is 1. The molecule has 1 N–H and O–H groups in total. The molecule has 0 aromatic heterocycles. The Morgan fingerprint density at radius 2 is 2.12 bits per heavy atom. The van der Waals surface area contributed by atoms with Gasteiger partial charge in [0.25, 0.3) is 0 Å². The highest BCUT2D eigenvalue weighted by Crippen LogP contribution is 2.07. The first kappa shape index (κ1) is 8.69. The van der Waals surface area contributed by atoms with Crippen molar-refractivity contribution in [1.82, 2.24) is 0 Å². The molecule has 0 aliphatic heterocycles. The van der Waals surface area contributed by atoms with Crippen molar-refractivity contribution in [2.24, 2.45) is 5.92 Å². The lowest BCUT2D eigenvalue weighted by Crippen LogP contribution is -1.97. The molecule has 0 amide bonds. The van der Waals surface area contributed by atoms with Gasteiger partial charge in [0.1, 0.15) is 0 Å². The minimum atomic E-state index is 0.345. The summed E-state index contributed by atoms with van der Waals surface area (Å²) >= 11 is 2.36. The van der Waals surface area contributed by atoms with Gasteiger partial charge in [0.05, 0.1) is 0 Å². The second-order valence-electron chi connectivity index (χ2n) is 2.10. The molecule has 0 spiro atoms. The van der Waals surface area contributed by atoms with E-state index in [4.69, 9.17) is 5.11 Å². The van der Waals surface area contributed by atoms with Crippen molar-refractivity contribution in [3.05, 3.63) is 0 Å². The van der Waals surface area contributed by atoms with Crippen molar-refractivity contribution in [3.8, 4) is 0 Å². The molecule has 0 heterocycles. The molecular weight excluding hydrogens is 215 g/mol. The minimum Gasteiger partial charge on any atom is -0.396 e. The van der Waals surface area contributed by atoms with Crippen molar-refractivity contribution in [2.75, 3.05) is 11.0 Å². The molecule has 0 rings (SSSR count). The van der Waals surface area contributed by atoms with E-state index in [1.165, 1.54) is 10.8 Å². The summed E-state index contributed by atoms with van der Waals surface area (Å²) in [7, 11) is 0. The summed E-state index contributed by atoms with van der Waals surface area (Å²) in [5.41, 5.74) is 0. The third-order valence-electron chi connectivity index (χ3n) is 1.22. The maximum atomic E-state index is 8.46. The van der Waals surface area contributed by atoms with Crippen molar-refractivity contribution in [1.29, 1.82) is 0 Å². The standard InChI is InChI=1S/C6H13IO/c1-6(2-4-7)3-5-8/h6,8H,2-5H2,1H3/t6-/m1/s1. The van der Waals surface area contributed by atoms with E-state index in [0.29, 0.717) is 12.5 Å². The van der Waals surface area contributed by atoms with E-state index in [1.807, 2.05) is 0 Å². The summed E-state index contributed by atoms with van der Waals surface area (Å²) in [6.45, 7) is 2.52. The SMILES string of the molecule is C[C@@H](CCO)CCI. The number of rotatable bonds is 4. The molecular formula is C6H13IO. The quantitative estimate of drug-likeness (QED) is 0.574. The summed E-state index contributed by atoms with van der Waals surface area (Å²) in [5.74, 6) is 0.705. The van der Waals surface area contributed by atoms with Crippen LogP contribution in [0.2, 0.25) is 0 Å². The first-order valence-corrected chi connectivity index (χ1v) is 4.50. The van der Waals surface area contributed by atoms with E-state index in [-0.39, 0.29) is 0 Å². The summed E-state index contributed by atoms with van der Waals surface area (Å²) in [5, 5.41) is 8.46. The largest absolute Gasteiger partial charge is 0.396 e. The Hall–Kier alpha value is 0.690. The number of aliphatic hydroxyl groups excluding tert-OH is 1. The van der Waals surface area contributed by atoms with E-state index in [2.05, 4.69) is 29.5 Å². The van der Waals surface area contributed by atoms with Gasteiger partial charge in [-0.15, -0.1) is 0 Å². The maximum absolute atomic E-state index is 8.46. The molecule has 0 radical (unpaired) electrons. The second-order valence-corrected chi connectivity index (χ2v) is 3.17. The van der Waals surface area contributed by atoms with Gasteiger partial charge < -0.3 is 5.11 Å². The van der Waals surface area contributed by atoms with Crippen LogP contribution in [-0.2, 0) is 0 Å². The van der Waals surface area contributed by atoms with Crippen LogP contribution in [0.5, 0.6) is 0 Å². The van der Waals surface area contributed by atoms with Gasteiger partial charge in [-0.25, -0.2) is 0 Å². The zero-order chi connectivity index (χ0) is 6.41. The van der Waals surface area contributed by atoms with Crippen LogP contribution < -0.4 is 0 Å². The zero-order valence-corrected chi connectivity index (χ0v) is 7.39. The molecule has 0 aliphatic carbocycles. The molecule has 0 aromatic carbocycles. The molecule has 0 aromatic rings. The molecule has 2 heteroatoms. The first-order valence-electron chi connectivity index (χ1n) is 2.98. The van der Waals surface area contributed by atoms with Crippen molar-refractivity contribution in [2.45, 2.75) is 19.8 Å². The minimum absolute atomic E-state index is 0.345. The van der Waals surface area contributed by atoms with Crippen LogP contribution in [0.1, 0.15) is 19.8 Å². The van der Waals surface area contributed by atoms with E-state index in [1.54, 1.807) is 0 Å². The average Bonchev–Trinajstić information content (AvgIpc) is 1.68. The molecule has 0 saturated heterocycles. The van der Waals surface area contributed by atoms with E-state index in [9.17, 15) is 0 Å². The number of halogens is 1. The second kappa shape index (κ2) is 5.82. The molecule has 0 unspecified atom stereocenters. The van der Waals surface area contributed by atoms with Crippen LogP contribution in [-0.4, -0.2) is 16.1 Å². The number of hydrogen-bond donors (Lipinski definition) is 1. The van der Waals surface area contributed by atoms with Gasteiger partial charge in [0.2, 0.25) is 0 Å². The summed E-state index contributed by atoms with van der Waals surface area (Å²) in [4.78, 5) is 0. The molecule has 0 bridgehead atoms. The predicted octanol–water partition coefficient (Wildman–Crippen LogP) is 1.83. The van der Waals surface area contributed by atoms with Crippen LogP contribution in [0.3, 0.4) is 0 Å². The van der Waals surface area contributed by atoms with Crippen molar-refractivity contribution >= 4 is 22.6 Å². The highest BCUT2D eigenvalue weighted by molar-refractivity contribution is 14.1. The zero-order valence-electron chi connectivity index (χ0n) is 5.23. The molecule has 0 fully saturated rings. The highest BCUT2D eigenvalue weighted by Gasteiger charge is 1.97. The Kier molecular flexibility index (Phi) is 6.32. The van der Waals surface area contributed by atoms with Gasteiger partial charge in [-0.1, -0.05) is 29.5 Å². The van der Waals surface area contributed by atoms with Gasteiger partial charge in [0, 0.05) is 6.61 Å². The molecule has 8 heavy (non-hydrogen) atoms. The van der Waals surface area contributed by atoms with Gasteiger partial charge in [-0.05, 0) is 23.2 Å². The van der Waals surface area contributed by atoms with Crippen LogP contribution in [0.25, 0.3) is 0 Å². The topological polar surface area (TPSA) is 20.2 Å². The summed E-state index contributed by atoms with van der Waals surface area (Å²) < 4.78 is 1.21. The van der Waals surface area contributed by atoms with E-state index in [0.717, 1.165) is 6.42 Å². The lowest BCUT2D eigenvalue weighted by atomic mass is 10.1. The normalized spacial score (nSPS) is 13.9. The van der Waals surface area contributed by atoms with Gasteiger partial charge in [0.15, 0.2) is 0 Å². The fraction of sp³-hybridized carbons (Fsp3) is 1.00. The van der Waals surface area contributed by atoms with Crippen LogP contribution in [0.4, 0.5) is 0 Å². The monoisotopic (exact) mass is 228 g/mol. The summed E-state index contributed by atoms with van der Waals surface area (Å²) in [6, 6.07) is 0.